The van der Waals surface area contributed by atoms with Crippen LogP contribution in [0.1, 0.15) is 10.4 Å². The minimum atomic E-state index is -1.28. The predicted octanol–water partition coefficient (Wildman–Crippen LogP) is 4.33. The summed E-state index contributed by atoms with van der Waals surface area (Å²) in [4.78, 5) is 10.8. The summed E-state index contributed by atoms with van der Waals surface area (Å²) in [6.07, 6.45) is 0. The van der Waals surface area contributed by atoms with Gasteiger partial charge in [0, 0.05) is 5.56 Å². The number of hydrogen-bond acceptors (Lipinski definition) is 2. The number of phenolic OH excluding ortho intramolecular Hbond substituents is 1. The van der Waals surface area contributed by atoms with Crippen molar-refractivity contribution in [1.29, 1.82) is 0 Å². The molecule has 0 aliphatic heterocycles. The highest BCUT2D eigenvalue weighted by atomic mass is 19.1. The minimum Gasteiger partial charge on any atom is -0.505 e. The monoisotopic (exact) mass is 318 g/mol. The fourth-order valence-corrected chi connectivity index (χ4v) is 2.40. The van der Waals surface area contributed by atoms with Crippen molar-refractivity contribution in [3.8, 4) is 16.9 Å². The molecule has 3 rings (SSSR count). The van der Waals surface area contributed by atoms with Crippen LogP contribution in [0.3, 0.4) is 0 Å². The maximum absolute atomic E-state index is 14.1. The first-order chi connectivity index (χ1) is 10.9. The number of benzene rings is 3. The molecule has 0 fully saturated rings. The minimum absolute atomic E-state index is 0.00992. The normalized spacial score (nSPS) is 10.9. The van der Waals surface area contributed by atoms with Gasteiger partial charge in [-0.2, -0.15) is 0 Å². The largest absolute Gasteiger partial charge is 0.505 e. The highest BCUT2D eigenvalue weighted by molar-refractivity contribution is 5.91. The molecule has 23 heavy (non-hydrogen) atoms. The van der Waals surface area contributed by atoms with Crippen LogP contribution >= 0.6 is 0 Å². The van der Waals surface area contributed by atoms with Crippen LogP contribution in [0.4, 0.5) is 13.2 Å². The second-order valence-electron chi connectivity index (χ2n) is 4.95. The first-order valence-corrected chi connectivity index (χ1v) is 6.52. The van der Waals surface area contributed by atoms with Crippen molar-refractivity contribution >= 4 is 16.7 Å². The molecule has 0 spiro atoms. The van der Waals surface area contributed by atoms with Crippen LogP contribution in [0.15, 0.2) is 42.5 Å². The number of halogens is 3. The Balaban J connectivity index is 2.22. The lowest BCUT2D eigenvalue weighted by Crippen LogP contribution is -1.98. The number of carboxylic acids is 1. The molecule has 2 N–H and O–H groups in total. The summed E-state index contributed by atoms with van der Waals surface area (Å²) in [6.45, 7) is 0. The second kappa shape index (κ2) is 5.31. The topological polar surface area (TPSA) is 57.5 Å². The molecule has 0 saturated carbocycles. The van der Waals surface area contributed by atoms with Crippen molar-refractivity contribution in [2.75, 3.05) is 0 Å². The summed E-state index contributed by atoms with van der Waals surface area (Å²) in [5.74, 6) is -4.83. The van der Waals surface area contributed by atoms with Gasteiger partial charge in [-0.25, -0.2) is 18.0 Å². The average molecular weight is 318 g/mol. The smallest absolute Gasteiger partial charge is 0.335 e. The number of phenols is 1. The van der Waals surface area contributed by atoms with Gasteiger partial charge in [-0.05, 0) is 41.3 Å². The van der Waals surface area contributed by atoms with Crippen molar-refractivity contribution in [3.05, 3.63) is 65.5 Å². The molecule has 0 heterocycles. The molecule has 6 heteroatoms. The van der Waals surface area contributed by atoms with Crippen molar-refractivity contribution in [2.24, 2.45) is 0 Å². The van der Waals surface area contributed by atoms with E-state index in [9.17, 15) is 23.1 Å². The number of aromatic carboxylic acids is 1. The lowest BCUT2D eigenvalue weighted by molar-refractivity contribution is 0.0696. The molecule has 0 aromatic heterocycles. The molecular weight excluding hydrogens is 309 g/mol. The van der Waals surface area contributed by atoms with Crippen molar-refractivity contribution in [3.63, 3.8) is 0 Å². The van der Waals surface area contributed by atoms with Crippen LogP contribution in [0.5, 0.6) is 5.75 Å². The highest BCUT2D eigenvalue weighted by Crippen LogP contribution is 2.33. The first-order valence-electron chi connectivity index (χ1n) is 6.52. The maximum atomic E-state index is 14.1. The van der Waals surface area contributed by atoms with Gasteiger partial charge in [-0.15, -0.1) is 0 Å². The number of carbonyl (C=O) groups is 1. The van der Waals surface area contributed by atoms with Gasteiger partial charge in [-0.1, -0.05) is 12.1 Å². The summed E-state index contributed by atoms with van der Waals surface area (Å²) in [5, 5.41) is 17.9. The molecule has 0 aliphatic carbocycles. The number of hydrogen-bond donors (Lipinski definition) is 2. The van der Waals surface area contributed by atoms with Crippen LogP contribution in [0, 0.1) is 17.5 Å². The van der Waals surface area contributed by atoms with Gasteiger partial charge in [0.05, 0.1) is 10.9 Å². The molecule has 0 unspecified atom stereocenters. The Morgan fingerprint density at radius 2 is 1.65 bits per heavy atom. The lowest BCUT2D eigenvalue weighted by atomic mass is 9.99. The molecule has 116 valence electrons. The van der Waals surface area contributed by atoms with Crippen LogP contribution in [0.25, 0.3) is 21.9 Å². The molecular formula is C17H9F3O3. The summed E-state index contributed by atoms with van der Waals surface area (Å²) < 4.78 is 42.0. The van der Waals surface area contributed by atoms with E-state index in [0.717, 1.165) is 18.2 Å². The summed E-state index contributed by atoms with van der Waals surface area (Å²) >= 11 is 0. The zero-order chi connectivity index (χ0) is 16.7. The molecule has 3 aromatic rings. The van der Waals surface area contributed by atoms with Crippen LogP contribution in [-0.2, 0) is 0 Å². The van der Waals surface area contributed by atoms with E-state index in [1.165, 1.54) is 24.3 Å². The zero-order valence-corrected chi connectivity index (χ0v) is 11.5. The van der Waals surface area contributed by atoms with E-state index in [1.807, 2.05) is 0 Å². The number of aromatic hydroxyl groups is 1. The Bertz CT molecular complexity index is 951. The van der Waals surface area contributed by atoms with Crippen LogP contribution < -0.4 is 0 Å². The quantitative estimate of drug-likeness (QED) is 0.739. The van der Waals surface area contributed by atoms with Gasteiger partial charge < -0.3 is 10.2 Å². The van der Waals surface area contributed by atoms with Gasteiger partial charge in [0.2, 0.25) is 0 Å². The van der Waals surface area contributed by atoms with E-state index in [1.54, 1.807) is 0 Å². The second-order valence-corrected chi connectivity index (χ2v) is 4.95. The lowest BCUT2D eigenvalue weighted by Gasteiger charge is -2.09. The molecule has 3 aromatic carbocycles. The average Bonchev–Trinajstić information content (AvgIpc) is 2.50. The molecule has 0 bridgehead atoms. The van der Waals surface area contributed by atoms with E-state index in [-0.39, 0.29) is 22.1 Å². The molecule has 3 nitrogen and oxygen atoms in total. The molecule has 0 atom stereocenters. The highest BCUT2D eigenvalue weighted by Gasteiger charge is 2.15. The van der Waals surface area contributed by atoms with Crippen molar-refractivity contribution in [2.45, 2.75) is 0 Å². The SMILES string of the molecule is O=C(O)c1ccc(-c2cc(F)c3c(F)c(O)ccc3c2)c(F)c1. The van der Waals surface area contributed by atoms with Gasteiger partial charge in [-0.3, -0.25) is 0 Å². The molecule has 0 amide bonds. The fraction of sp³-hybridized carbons (Fsp3) is 0. The Kier molecular flexibility index (Phi) is 3.44. The summed E-state index contributed by atoms with van der Waals surface area (Å²) in [5.41, 5.74) is -0.109. The fourth-order valence-electron chi connectivity index (χ4n) is 2.40. The van der Waals surface area contributed by atoms with Crippen molar-refractivity contribution in [1.82, 2.24) is 0 Å². The molecule has 0 radical (unpaired) electrons. The third kappa shape index (κ3) is 2.48. The first kappa shape index (κ1) is 14.9. The van der Waals surface area contributed by atoms with E-state index in [4.69, 9.17) is 5.11 Å². The van der Waals surface area contributed by atoms with E-state index in [2.05, 4.69) is 0 Å². The van der Waals surface area contributed by atoms with E-state index >= 15 is 0 Å². The van der Waals surface area contributed by atoms with Crippen molar-refractivity contribution < 1.29 is 28.2 Å². The third-order valence-electron chi connectivity index (χ3n) is 3.51. The summed E-state index contributed by atoms with van der Waals surface area (Å²) in [7, 11) is 0. The summed E-state index contributed by atoms with van der Waals surface area (Å²) in [6, 6.07) is 7.92. The third-order valence-corrected chi connectivity index (χ3v) is 3.51. The van der Waals surface area contributed by atoms with Gasteiger partial charge >= 0.3 is 5.97 Å². The van der Waals surface area contributed by atoms with Crippen LogP contribution in [-0.4, -0.2) is 16.2 Å². The Morgan fingerprint density at radius 1 is 0.913 bits per heavy atom. The molecule has 0 saturated heterocycles. The van der Waals surface area contributed by atoms with E-state index < -0.39 is 34.6 Å². The Morgan fingerprint density at radius 3 is 2.30 bits per heavy atom. The number of fused-ring (bicyclic) bond motifs is 1. The number of rotatable bonds is 2. The van der Waals surface area contributed by atoms with Gasteiger partial charge in [0.1, 0.15) is 11.6 Å². The Labute approximate surface area is 128 Å². The standard InChI is InChI=1S/C17H9F3O3/c18-12-6-9(17(22)23)1-3-11(12)10-5-8-2-4-14(21)16(20)15(8)13(19)7-10/h1-7,21H,(H,22,23). The predicted molar refractivity (Wildman–Crippen MR) is 77.9 cm³/mol. The van der Waals surface area contributed by atoms with Crippen LogP contribution in [0.2, 0.25) is 0 Å². The Hall–Kier alpha value is -3.02. The molecule has 0 aliphatic rings. The van der Waals surface area contributed by atoms with Gasteiger partial charge in [0.15, 0.2) is 11.6 Å². The van der Waals surface area contributed by atoms with E-state index in [0.29, 0.717) is 0 Å². The maximum Gasteiger partial charge on any atom is 0.335 e. The number of carboxylic acid groups (broad SMARTS) is 1. The zero-order valence-electron chi connectivity index (χ0n) is 11.5. The van der Waals surface area contributed by atoms with Gasteiger partial charge in [0.25, 0.3) is 0 Å².